The Morgan fingerprint density at radius 2 is 2.38 bits per heavy atom. The van der Waals surface area contributed by atoms with Gasteiger partial charge >= 0.3 is 0 Å². The molecule has 68 valence electrons. The standard InChI is InChI=1S/C10H12N2O/c1-2-13-8-12-7-5-9-4-3-6-11-10(9)12/h3-7H,2,8H2,1H3. The van der Waals surface area contributed by atoms with Crippen molar-refractivity contribution in [3.63, 3.8) is 0 Å². The average molecular weight is 176 g/mol. The number of aromatic nitrogens is 2. The maximum atomic E-state index is 5.31. The van der Waals surface area contributed by atoms with Crippen LogP contribution in [0, 0.1) is 0 Å². The van der Waals surface area contributed by atoms with Crippen LogP contribution in [0.25, 0.3) is 11.0 Å². The van der Waals surface area contributed by atoms with Crippen LogP contribution in [0.2, 0.25) is 0 Å². The number of pyridine rings is 1. The minimum absolute atomic E-state index is 0.580. The Bertz CT molecular complexity index is 394. The summed E-state index contributed by atoms with van der Waals surface area (Å²) in [6.45, 7) is 3.29. The lowest BCUT2D eigenvalue weighted by molar-refractivity contribution is 0.0905. The second-order valence-corrected chi connectivity index (χ2v) is 2.82. The fraction of sp³-hybridized carbons (Fsp3) is 0.300. The van der Waals surface area contributed by atoms with Gasteiger partial charge in [-0.05, 0) is 25.1 Å². The highest BCUT2D eigenvalue weighted by Gasteiger charge is 1.99. The number of hydrogen-bond acceptors (Lipinski definition) is 2. The molecule has 2 rings (SSSR count). The van der Waals surface area contributed by atoms with Crippen LogP contribution < -0.4 is 0 Å². The van der Waals surface area contributed by atoms with E-state index in [1.807, 2.05) is 35.9 Å². The molecule has 3 nitrogen and oxygen atoms in total. The molecule has 3 heteroatoms. The zero-order valence-corrected chi connectivity index (χ0v) is 7.60. The Hall–Kier alpha value is -1.35. The van der Waals surface area contributed by atoms with Crippen LogP contribution in [0.3, 0.4) is 0 Å². The van der Waals surface area contributed by atoms with Crippen molar-refractivity contribution in [3.05, 3.63) is 30.6 Å². The van der Waals surface area contributed by atoms with Gasteiger partial charge in [0.05, 0.1) is 0 Å². The Balaban J connectivity index is 2.35. The second kappa shape index (κ2) is 3.58. The third kappa shape index (κ3) is 1.55. The van der Waals surface area contributed by atoms with Crippen molar-refractivity contribution in [2.24, 2.45) is 0 Å². The fourth-order valence-electron chi connectivity index (χ4n) is 1.31. The zero-order chi connectivity index (χ0) is 9.10. The van der Waals surface area contributed by atoms with E-state index >= 15 is 0 Å². The van der Waals surface area contributed by atoms with Gasteiger partial charge in [0, 0.05) is 24.4 Å². The monoisotopic (exact) mass is 176 g/mol. The van der Waals surface area contributed by atoms with Gasteiger partial charge in [0.15, 0.2) is 0 Å². The summed E-state index contributed by atoms with van der Waals surface area (Å²) in [7, 11) is 0. The van der Waals surface area contributed by atoms with Crippen molar-refractivity contribution in [2.45, 2.75) is 13.7 Å². The Labute approximate surface area is 77.0 Å². The lowest BCUT2D eigenvalue weighted by Crippen LogP contribution is -2.01. The van der Waals surface area contributed by atoms with E-state index < -0.39 is 0 Å². The molecule has 0 saturated heterocycles. The highest BCUT2D eigenvalue weighted by atomic mass is 16.5. The smallest absolute Gasteiger partial charge is 0.141 e. The van der Waals surface area contributed by atoms with Gasteiger partial charge in [-0.25, -0.2) is 4.98 Å². The maximum Gasteiger partial charge on any atom is 0.141 e. The van der Waals surface area contributed by atoms with Crippen molar-refractivity contribution < 1.29 is 4.74 Å². The lowest BCUT2D eigenvalue weighted by atomic mass is 10.3. The van der Waals surface area contributed by atoms with Crippen LogP contribution in [0.15, 0.2) is 30.6 Å². The molecule has 0 aromatic carbocycles. The van der Waals surface area contributed by atoms with Gasteiger partial charge in [-0.1, -0.05) is 0 Å². The molecule has 2 aromatic heterocycles. The van der Waals surface area contributed by atoms with Crippen LogP contribution in [-0.2, 0) is 11.5 Å². The molecular weight excluding hydrogens is 164 g/mol. The van der Waals surface area contributed by atoms with Crippen molar-refractivity contribution >= 4 is 11.0 Å². The van der Waals surface area contributed by atoms with E-state index in [4.69, 9.17) is 4.74 Å². The number of rotatable bonds is 3. The van der Waals surface area contributed by atoms with Crippen LogP contribution in [0.5, 0.6) is 0 Å². The first kappa shape index (κ1) is 8.26. The predicted octanol–water partition coefficient (Wildman–Crippen LogP) is 2.03. The molecule has 0 fully saturated rings. The molecule has 0 spiro atoms. The van der Waals surface area contributed by atoms with E-state index in [0.29, 0.717) is 6.73 Å². The lowest BCUT2D eigenvalue weighted by Gasteiger charge is -2.03. The predicted molar refractivity (Wildman–Crippen MR) is 51.4 cm³/mol. The Kier molecular flexibility index (Phi) is 2.27. The first-order valence-electron chi connectivity index (χ1n) is 4.39. The second-order valence-electron chi connectivity index (χ2n) is 2.82. The van der Waals surface area contributed by atoms with Crippen molar-refractivity contribution in [1.29, 1.82) is 0 Å². The van der Waals surface area contributed by atoms with E-state index in [1.165, 1.54) is 0 Å². The fourth-order valence-corrected chi connectivity index (χ4v) is 1.31. The third-order valence-electron chi connectivity index (χ3n) is 1.96. The summed E-state index contributed by atoms with van der Waals surface area (Å²) in [6.07, 6.45) is 3.79. The Morgan fingerprint density at radius 1 is 1.46 bits per heavy atom. The van der Waals surface area contributed by atoms with Gasteiger partial charge in [-0.2, -0.15) is 0 Å². The first-order chi connectivity index (χ1) is 6.42. The normalized spacial score (nSPS) is 10.8. The largest absolute Gasteiger partial charge is 0.361 e. The Morgan fingerprint density at radius 3 is 3.23 bits per heavy atom. The van der Waals surface area contributed by atoms with Crippen molar-refractivity contribution in [3.8, 4) is 0 Å². The quantitative estimate of drug-likeness (QED) is 0.715. The van der Waals surface area contributed by atoms with Crippen LogP contribution in [0.1, 0.15) is 6.92 Å². The molecule has 0 aliphatic rings. The minimum atomic E-state index is 0.580. The molecule has 0 aliphatic carbocycles. The minimum Gasteiger partial charge on any atom is -0.361 e. The summed E-state index contributed by atoms with van der Waals surface area (Å²) in [5.41, 5.74) is 0.982. The molecular formula is C10H12N2O. The molecule has 2 heterocycles. The molecule has 0 bridgehead atoms. The van der Waals surface area contributed by atoms with E-state index in [-0.39, 0.29) is 0 Å². The van der Waals surface area contributed by atoms with E-state index in [9.17, 15) is 0 Å². The number of nitrogens with zero attached hydrogens (tertiary/aromatic N) is 2. The SMILES string of the molecule is CCOCn1ccc2cccnc21. The zero-order valence-electron chi connectivity index (χ0n) is 7.60. The topological polar surface area (TPSA) is 27.1 Å². The van der Waals surface area contributed by atoms with Gasteiger partial charge in [-0.15, -0.1) is 0 Å². The van der Waals surface area contributed by atoms with E-state index in [2.05, 4.69) is 4.98 Å². The highest BCUT2D eigenvalue weighted by molar-refractivity contribution is 5.75. The summed E-state index contributed by atoms with van der Waals surface area (Å²) >= 11 is 0. The van der Waals surface area contributed by atoms with Gasteiger partial charge in [0.1, 0.15) is 12.4 Å². The number of fused-ring (bicyclic) bond motifs is 1. The molecule has 13 heavy (non-hydrogen) atoms. The van der Waals surface area contributed by atoms with Gasteiger partial charge in [0.25, 0.3) is 0 Å². The molecule has 2 aromatic rings. The highest BCUT2D eigenvalue weighted by Crippen LogP contribution is 2.11. The third-order valence-corrected chi connectivity index (χ3v) is 1.96. The first-order valence-corrected chi connectivity index (χ1v) is 4.39. The van der Waals surface area contributed by atoms with E-state index in [0.717, 1.165) is 17.6 Å². The van der Waals surface area contributed by atoms with Crippen molar-refractivity contribution in [1.82, 2.24) is 9.55 Å². The van der Waals surface area contributed by atoms with E-state index in [1.54, 1.807) is 6.20 Å². The molecule has 0 unspecified atom stereocenters. The summed E-state index contributed by atoms with van der Waals surface area (Å²) in [4.78, 5) is 4.28. The number of hydrogen-bond donors (Lipinski definition) is 0. The van der Waals surface area contributed by atoms with Gasteiger partial charge in [0.2, 0.25) is 0 Å². The van der Waals surface area contributed by atoms with Crippen LogP contribution >= 0.6 is 0 Å². The maximum absolute atomic E-state index is 5.31. The van der Waals surface area contributed by atoms with Crippen molar-refractivity contribution in [2.75, 3.05) is 6.61 Å². The summed E-state index contributed by atoms with van der Waals surface area (Å²) in [5.74, 6) is 0. The number of ether oxygens (including phenoxy) is 1. The van der Waals surface area contributed by atoms with Gasteiger partial charge < -0.3 is 9.30 Å². The van der Waals surface area contributed by atoms with Gasteiger partial charge in [-0.3, -0.25) is 0 Å². The molecule has 0 saturated carbocycles. The average Bonchev–Trinajstić information content (AvgIpc) is 2.58. The van der Waals surface area contributed by atoms with Crippen LogP contribution in [0.4, 0.5) is 0 Å². The summed E-state index contributed by atoms with van der Waals surface area (Å²) in [5, 5.41) is 1.15. The summed E-state index contributed by atoms with van der Waals surface area (Å²) < 4.78 is 7.31. The van der Waals surface area contributed by atoms with Crippen LogP contribution in [-0.4, -0.2) is 16.2 Å². The summed E-state index contributed by atoms with van der Waals surface area (Å²) in [6, 6.07) is 6.03. The molecule has 0 amide bonds. The molecule has 0 aliphatic heterocycles. The molecule has 0 N–H and O–H groups in total. The molecule has 0 atom stereocenters. The molecule has 0 radical (unpaired) electrons.